The molecular weight excluding hydrogens is 427 g/mol. The Hall–Kier alpha value is -4.07. The number of aromatic amines is 1. The van der Waals surface area contributed by atoms with Crippen molar-refractivity contribution in [3.05, 3.63) is 104 Å². The second-order valence-corrected chi connectivity index (χ2v) is 7.69. The monoisotopic (exact) mass is 450 g/mol. The third-order valence-electron chi connectivity index (χ3n) is 5.39. The van der Waals surface area contributed by atoms with Crippen LogP contribution in [0.2, 0.25) is 0 Å². The fourth-order valence-corrected chi connectivity index (χ4v) is 3.75. The molecule has 0 aliphatic rings. The molecule has 4 rings (SSSR count). The number of ether oxygens (including phenoxy) is 2. The van der Waals surface area contributed by atoms with Gasteiger partial charge in [-0.25, -0.2) is 19.0 Å². The van der Waals surface area contributed by atoms with E-state index in [9.17, 15) is 14.0 Å². The molecule has 0 atom stereocenters. The minimum absolute atomic E-state index is 0.0270. The molecule has 0 saturated heterocycles. The molecule has 0 spiro atoms. The highest BCUT2D eigenvalue weighted by atomic mass is 19.1. The number of aromatic nitrogens is 2. The summed E-state index contributed by atoms with van der Waals surface area (Å²) < 4.78 is 31.7. The van der Waals surface area contributed by atoms with E-state index in [1.165, 1.54) is 13.2 Å². The first-order chi connectivity index (χ1) is 15.9. The van der Waals surface area contributed by atoms with E-state index in [1.807, 2.05) is 37.0 Å². The lowest BCUT2D eigenvalue weighted by atomic mass is 9.93. The van der Waals surface area contributed by atoms with Crippen molar-refractivity contribution in [3.63, 3.8) is 0 Å². The van der Waals surface area contributed by atoms with Gasteiger partial charge in [-0.3, -0.25) is 0 Å². The Balaban J connectivity index is 1.54. The summed E-state index contributed by atoms with van der Waals surface area (Å²) in [6, 6.07) is 16.0. The Kier molecular flexibility index (Phi) is 6.17. The Morgan fingerprint density at radius 3 is 2.33 bits per heavy atom. The van der Waals surface area contributed by atoms with Crippen LogP contribution in [-0.4, -0.2) is 16.8 Å². The number of benzene rings is 3. The average molecular weight is 450 g/mol. The van der Waals surface area contributed by atoms with Crippen molar-refractivity contribution in [2.75, 3.05) is 7.11 Å². The molecule has 1 heterocycles. The zero-order chi connectivity index (χ0) is 23.5. The number of nitrogens with one attached hydrogen (secondary N) is 1. The lowest BCUT2D eigenvalue weighted by Crippen LogP contribution is -2.17. The molecule has 4 aromatic rings. The fraction of sp³-hybridized carbons (Fsp3) is 0.200. The molecule has 0 aliphatic heterocycles. The zero-order valence-corrected chi connectivity index (χ0v) is 18.5. The second-order valence-electron chi connectivity index (χ2n) is 7.69. The Morgan fingerprint density at radius 1 is 1.03 bits per heavy atom. The van der Waals surface area contributed by atoms with Gasteiger partial charge in [-0.05, 0) is 54.3 Å². The van der Waals surface area contributed by atoms with E-state index < -0.39 is 17.3 Å². The maximum Gasteiger partial charge on any atom is 0.440 e. The normalized spacial score (nSPS) is 10.9. The molecule has 0 saturated carbocycles. The highest BCUT2D eigenvalue weighted by Crippen LogP contribution is 2.36. The summed E-state index contributed by atoms with van der Waals surface area (Å²) in [5.41, 5.74) is 4.47. The van der Waals surface area contributed by atoms with E-state index in [2.05, 4.69) is 0 Å². The van der Waals surface area contributed by atoms with Crippen molar-refractivity contribution in [3.8, 4) is 22.6 Å². The van der Waals surface area contributed by atoms with Gasteiger partial charge < -0.3 is 14.0 Å². The molecule has 0 bridgehead atoms. The number of methoxy groups -OCH3 is 1. The Morgan fingerprint density at radius 2 is 1.73 bits per heavy atom. The van der Waals surface area contributed by atoms with Crippen LogP contribution >= 0.6 is 0 Å². The van der Waals surface area contributed by atoms with Crippen LogP contribution < -0.4 is 20.9 Å². The van der Waals surface area contributed by atoms with Crippen molar-refractivity contribution >= 4 is 0 Å². The van der Waals surface area contributed by atoms with Crippen LogP contribution in [0.25, 0.3) is 11.1 Å². The summed E-state index contributed by atoms with van der Waals surface area (Å²) in [6.45, 7) is 4.15. The highest BCUT2D eigenvalue weighted by molar-refractivity contribution is 5.76. The van der Waals surface area contributed by atoms with E-state index in [1.54, 1.807) is 30.3 Å². The number of aryl methyl sites for hydroxylation is 2. The first-order valence-corrected chi connectivity index (χ1v) is 10.3. The predicted molar refractivity (Wildman–Crippen MR) is 121 cm³/mol. The van der Waals surface area contributed by atoms with Gasteiger partial charge in [-0.1, -0.05) is 30.3 Å². The molecule has 1 aromatic heterocycles. The van der Waals surface area contributed by atoms with Gasteiger partial charge in [0.25, 0.3) is 0 Å². The molecule has 0 amide bonds. The number of H-pyrrole nitrogens is 1. The number of hydrogen-bond donors (Lipinski definition) is 1. The van der Waals surface area contributed by atoms with Crippen LogP contribution in [0.4, 0.5) is 4.39 Å². The van der Waals surface area contributed by atoms with Gasteiger partial charge >= 0.3 is 11.4 Å². The van der Waals surface area contributed by atoms with Gasteiger partial charge in [0.2, 0.25) is 0 Å². The smallest absolute Gasteiger partial charge is 0.440 e. The van der Waals surface area contributed by atoms with Crippen LogP contribution in [0.3, 0.4) is 0 Å². The van der Waals surface area contributed by atoms with Gasteiger partial charge in [-0.15, -0.1) is 4.74 Å². The van der Waals surface area contributed by atoms with E-state index in [4.69, 9.17) is 14.0 Å². The van der Waals surface area contributed by atoms with Crippen LogP contribution in [0.5, 0.6) is 11.5 Å². The Bertz CT molecular complexity index is 1380. The molecule has 1 N–H and O–H groups in total. The summed E-state index contributed by atoms with van der Waals surface area (Å²) in [5, 5.41) is 0. The van der Waals surface area contributed by atoms with Crippen LogP contribution in [0.1, 0.15) is 22.3 Å². The highest BCUT2D eigenvalue weighted by Gasteiger charge is 2.16. The summed E-state index contributed by atoms with van der Waals surface area (Å²) in [6.07, 6.45) is 0. The molecule has 3 aromatic carbocycles. The molecule has 33 heavy (non-hydrogen) atoms. The molecule has 0 unspecified atom stereocenters. The quantitative estimate of drug-likeness (QED) is 0.456. The van der Waals surface area contributed by atoms with Crippen molar-refractivity contribution in [2.24, 2.45) is 0 Å². The molecule has 0 radical (unpaired) electrons. The van der Waals surface area contributed by atoms with Gasteiger partial charge in [0, 0.05) is 17.2 Å². The van der Waals surface area contributed by atoms with E-state index in [0.29, 0.717) is 17.1 Å². The summed E-state index contributed by atoms with van der Waals surface area (Å²) in [7, 11) is 1.52. The lowest BCUT2D eigenvalue weighted by Gasteiger charge is -2.16. The molecule has 8 heteroatoms. The SMILES string of the molecule is COc1cc(F)c(COc2ccc(Cn3oc(=O)[nH]c3=O)cc2)cc1-c1c(C)cccc1C. The molecule has 170 valence electrons. The van der Waals surface area contributed by atoms with Crippen molar-refractivity contribution in [1.82, 2.24) is 9.72 Å². The summed E-state index contributed by atoms with van der Waals surface area (Å²) in [5.74, 6) is -0.225. The van der Waals surface area contributed by atoms with Crippen molar-refractivity contribution < 1.29 is 18.4 Å². The number of nitrogens with zero attached hydrogens (tertiary/aromatic N) is 1. The molecule has 0 aliphatic carbocycles. The second kappa shape index (κ2) is 9.20. The topological polar surface area (TPSA) is 86.5 Å². The van der Waals surface area contributed by atoms with Crippen molar-refractivity contribution in [1.29, 1.82) is 0 Å². The van der Waals surface area contributed by atoms with Crippen LogP contribution in [0, 0.1) is 19.7 Å². The first-order valence-electron chi connectivity index (χ1n) is 10.3. The molecule has 0 fully saturated rings. The summed E-state index contributed by atoms with van der Waals surface area (Å²) >= 11 is 0. The number of hydrogen-bond acceptors (Lipinski definition) is 5. The first kappa shape index (κ1) is 22.1. The van der Waals surface area contributed by atoms with Gasteiger partial charge in [0.05, 0.1) is 13.7 Å². The predicted octanol–water partition coefficient (Wildman–Crippen LogP) is 4.19. The van der Waals surface area contributed by atoms with Crippen molar-refractivity contribution in [2.45, 2.75) is 27.0 Å². The minimum Gasteiger partial charge on any atom is -0.496 e. The van der Waals surface area contributed by atoms with Crippen LogP contribution in [0.15, 0.2) is 68.7 Å². The fourth-order valence-electron chi connectivity index (χ4n) is 3.75. The largest absolute Gasteiger partial charge is 0.496 e. The molecular formula is C25H23FN2O5. The maximum absolute atomic E-state index is 14.8. The third kappa shape index (κ3) is 4.74. The van der Waals surface area contributed by atoms with Gasteiger partial charge in [-0.2, -0.15) is 0 Å². The standard InChI is InChI=1S/C25H23FN2O5/c1-15-5-4-6-16(2)23(15)20-11-18(21(26)12-22(20)31-3)14-32-19-9-7-17(8-10-19)13-28-24(29)27-25(30)33-28/h4-12H,13-14H2,1-3H3,(H,27,29,30). The van der Waals surface area contributed by atoms with E-state index >= 15 is 0 Å². The van der Waals surface area contributed by atoms with E-state index in [0.717, 1.165) is 32.6 Å². The Labute approximate surface area is 189 Å². The van der Waals surface area contributed by atoms with Gasteiger partial charge in [0.1, 0.15) is 23.9 Å². The van der Waals surface area contributed by atoms with Gasteiger partial charge in [0.15, 0.2) is 0 Å². The minimum atomic E-state index is -0.804. The third-order valence-corrected chi connectivity index (χ3v) is 5.39. The number of halogens is 1. The van der Waals surface area contributed by atoms with Crippen LogP contribution in [-0.2, 0) is 13.2 Å². The summed E-state index contributed by atoms with van der Waals surface area (Å²) in [4.78, 5) is 24.7. The molecule has 7 nitrogen and oxygen atoms in total. The zero-order valence-electron chi connectivity index (χ0n) is 18.5. The maximum atomic E-state index is 14.8. The lowest BCUT2D eigenvalue weighted by molar-refractivity contribution is 0.258. The number of rotatable bonds is 7. The average Bonchev–Trinajstić information content (AvgIpc) is 3.10. The van der Waals surface area contributed by atoms with E-state index in [-0.39, 0.29) is 13.2 Å².